The molecule has 0 heterocycles. The maximum Gasteiger partial charge on any atom is 0.0331 e. The number of rotatable bonds is 6. The molecule has 1 aliphatic carbocycles. The Morgan fingerprint density at radius 3 is 2.82 bits per heavy atom. The number of hydrogen-bond donors (Lipinski definition) is 1. The minimum absolute atomic E-state index is 0.509. The first-order valence-electron chi connectivity index (χ1n) is 6.70. The summed E-state index contributed by atoms with van der Waals surface area (Å²) in [5.41, 5.74) is 2.77. The molecule has 1 saturated carbocycles. The van der Waals surface area contributed by atoms with Gasteiger partial charge in [0.25, 0.3) is 0 Å². The predicted octanol–water partition coefficient (Wildman–Crippen LogP) is 4.60. The molecule has 17 heavy (non-hydrogen) atoms. The van der Waals surface area contributed by atoms with Crippen LogP contribution in [0.1, 0.15) is 49.8 Å². The van der Waals surface area contributed by atoms with Crippen LogP contribution in [0.25, 0.3) is 0 Å². The summed E-state index contributed by atoms with van der Waals surface area (Å²) >= 11 is 3.68. The van der Waals surface area contributed by atoms with Gasteiger partial charge in [-0.05, 0) is 43.9 Å². The molecule has 0 radical (unpaired) electrons. The van der Waals surface area contributed by atoms with Gasteiger partial charge in [-0.2, -0.15) is 0 Å². The lowest BCUT2D eigenvalue weighted by molar-refractivity contribution is 0.480. The van der Waals surface area contributed by atoms with Crippen molar-refractivity contribution in [3.05, 3.63) is 33.8 Å². The third-order valence-corrected chi connectivity index (χ3v) is 4.26. The fraction of sp³-hybridized carbons (Fsp3) is 0.600. The van der Waals surface area contributed by atoms with Crippen LogP contribution in [0.4, 0.5) is 0 Å². The number of benzene rings is 1. The van der Waals surface area contributed by atoms with Crippen molar-refractivity contribution in [2.45, 2.75) is 45.6 Å². The van der Waals surface area contributed by atoms with Crippen LogP contribution in [0.3, 0.4) is 0 Å². The molecule has 1 unspecified atom stereocenters. The zero-order chi connectivity index (χ0) is 12.3. The highest BCUT2D eigenvalue weighted by atomic mass is 79.9. The molecule has 1 fully saturated rings. The molecule has 2 heteroatoms. The van der Waals surface area contributed by atoms with Crippen molar-refractivity contribution in [3.63, 3.8) is 0 Å². The van der Waals surface area contributed by atoms with E-state index in [4.69, 9.17) is 0 Å². The highest BCUT2D eigenvalue weighted by molar-refractivity contribution is 9.10. The maximum absolute atomic E-state index is 3.68. The average molecular weight is 296 g/mol. The Kier molecular flexibility index (Phi) is 4.63. The van der Waals surface area contributed by atoms with Crippen molar-refractivity contribution in [2.24, 2.45) is 5.92 Å². The van der Waals surface area contributed by atoms with Crippen molar-refractivity contribution in [1.29, 1.82) is 0 Å². The summed E-state index contributed by atoms with van der Waals surface area (Å²) < 4.78 is 1.24. The Morgan fingerprint density at radius 1 is 1.41 bits per heavy atom. The highest BCUT2D eigenvalue weighted by Crippen LogP contribution is 2.37. The van der Waals surface area contributed by atoms with Crippen LogP contribution in [-0.2, 0) is 0 Å². The predicted molar refractivity (Wildman–Crippen MR) is 77.3 cm³/mol. The first kappa shape index (κ1) is 13.1. The molecule has 0 saturated heterocycles. The van der Waals surface area contributed by atoms with Gasteiger partial charge in [0.1, 0.15) is 0 Å². The zero-order valence-corrected chi connectivity index (χ0v) is 12.4. The van der Waals surface area contributed by atoms with E-state index in [0.717, 1.165) is 12.5 Å². The van der Waals surface area contributed by atoms with E-state index >= 15 is 0 Å². The topological polar surface area (TPSA) is 12.0 Å². The third-order valence-electron chi connectivity index (χ3n) is 3.54. The molecule has 0 aromatic heterocycles. The van der Waals surface area contributed by atoms with Gasteiger partial charge >= 0.3 is 0 Å². The van der Waals surface area contributed by atoms with E-state index < -0.39 is 0 Å². The van der Waals surface area contributed by atoms with Crippen LogP contribution < -0.4 is 5.32 Å². The molecule has 1 aromatic carbocycles. The smallest absolute Gasteiger partial charge is 0.0331 e. The van der Waals surface area contributed by atoms with Crippen molar-refractivity contribution < 1.29 is 0 Å². The lowest BCUT2D eigenvalue weighted by Crippen LogP contribution is -2.21. The second-order valence-corrected chi connectivity index (χ2v) is 6.01. The standard InChI is InChI=1S/C15H22BrN/c1-3-17-15(9-7-12-5-6-12)13-10-11(2)4-8-14(13)16/h4,8,10,12,15,17H,3,5-7,9H2,1-2H3. The van der Waals surface area contributed by atoms with Crippen molar-refractivity contribution in [3.8, 4) is 0 Å². The van der Waals surface area contributed by atoms with Crippen LogP contribution in [-0.4, -0.2) is 6.54 Å². The van der Waals surface area contributed by atoms with Crippen LogP contribution in [0.5, 0.6) is 0 Å². The first-order valence-corrected chi connectivity index (χ1v) is 7.49. The lowest BCUT2D eigenvalue weighted by atomic mass is 9.99. The quantitative estimate of drug-likeness (QED) is 0.809. The second kappa shape index (κ2) is 6.01. The zero-order valence-electron chi connectivity index (χ0n) is 10.8. The van der Waals surface area contributed by atoms with Gasteiger partial charge < -0.3 is 5.32 Å². The summed E-state index contributed by atoms with van der Waals surface area (Å²) in [5, 5.41) is 3.62. The molecule has 0 aliphatic heterocycles. The molecule has 1 atom stereocenters. The van der Waals surface area contributed by atoms with E-state index in [1.165, 1.54) is 41.3 Å². The molecular weight excluding hydrogens is 274 g/mol. The molecule has 0 spiro atoms. The van der Waals surface area contributed by atoms with E-state index in [1.807, 2.05) is 0 Å². The fourth-order valence-corrected chi connectivity index (χ4v) is 2.88. The largest absolute Gasteiger partial charge is 0.310 e. The number of hydrogen-bond acceptors (Lipinski definition) is 1. The molecule has 2 rings (SSSR count). The molecule has 0 amide bonds. The SMILES string of the molecule is CCNC(CCC1CC1)c1cc(C)ccc1Br. The van der Waals surface area contributed by atoms with E-state index in [-0.39, 0.29) is 0 Å². The number of aryl methyl sites for hydroxylation is 1. The van der Waals surface area contributed by atoms with E-state index in [9.17, 15) is 0 Å². The molecule has 0 bridgehead atoms. The Labute approximate surface area is 113 Å². The summed E-state index contributed by atoms with van der Waals surface area (Å²) in [5.74, 6) is 1.01. The minimum Gasteiger partial charge on any atom is -0.310 e. The number of halogens is 1. The Balaban J connectivity index is 2.08. The monoisotopic (exact) mass is 295 g/mol. The molecule has 1 aliphatic rings. The molecule has 1 aromatic rings. The normalized spacial score (nSPS) is 17.1. The van der Waals surface area contributed by atoms with Crippen LogP contribution in [0.15, 0.2) is 22.7 Å². The van der Waals surface area contributed by atoms with Crippen LogP contribution in [0, 0.1) is 12.8 Å². The summed E-state index contributed by atoms with van der Waals surface area (Å²) in [4.78, 5) is 0. The first-order chi connectivity index (χ1) is 8.20. The molecular formula is C15H22BrN. The molecule has 1 nitrogen and oxygen atoms in total. The van der Waals surface area contributed by atoms with Gasteiger partial charge in [0, 0.05) is 10.5 Å². The van der Waals surface area contributed by atoms with Gasteiger partial charge in [0.2, 0.25) is 0 Å². The fourth-order valence-electron chi connectivity index (χ4n) is 2.35. The van der Waals surface area contributed by atoms with E-state index in [1.54, 1.807) is 0 Å². The van der Waals surface area contributed by atoms with Crippen LogP contribution >= 0.6 is 15.9 Å². The maximum atomic E-state index is 3.68. The van der Waals surface area contributed by atoms with E-state index in [2.05, 4.69) is 53.3 Å². The highest BCUT2D eigenvalue weighted by Gasteiger charge is 2.23. The minimum atomic E-state index is 0.509. The van der Waals surface area contributed by atoms with Gasteiger partial charge in [-0.15, -0.1) is 0 Å². The van der Waals surface area contributed by atoms with Gasteiger partial charge in [0.15, 0.2) is 0 Å². The lowest BCUT2D eigenvalue weighted by Gasteiger charge is -2.20. The second-order valence-electron chi connectivity index (χ2n) is 5.16. The Bertz CT molecular complexity index is 371. The summed E-state index contributed by atoms with van der Waals surface area (Å²) in [6, 6.07) is 7.16. The molecule has 94 valence electrons. The third kappa shape index (κ3) is 3.82. The van der Waals surface area contributed by atoms with Gasteiger partial charge in [-0.3, -0.25) is 0 Å². The molecule has 1 N–H and O–H groups in total. The van der Waals surface area contributed by atoms with Crippen molar-refractivity contribution >= 4 is 15.9 Å². The summed E-state index contributed by atoms with van der Waals surface area (Å²) in [7, 11) is 0. The van der Waals surface area contributed by atoms with Gasteiger partial charge in [-0.25, -0.2) is 0 Å². The summed E-state index contributed by atoms with van der Waals surface area (Å²) in [6.45, 7) is 5.39. The summed E-state index contributed by atoms with van der Waals surface area (Å²) in [6.07, 6.45) is 5.54. The Morgan fingerprint density at radius 2 is 2.18 bits per heavy atom. The van der Waals surface area contributed by atoms with Gasteiger partial charge in [-0.1, -0.05) is 53.4 Å². The average Bonchev–Trinajstić information content (AvgIpc) is 3.12. The van der Waals surface area contributed by atoms with E-state index in [0.29, 0.717) is 6.04 Å². The van der Waals surface area contributed by atoms with Crippen molar-refractivity contribution in [2.75, 3.05) is 6.54 Å². The number of nitrogens with one attached hydrogen (secondary N) is 1. The Hall–Kier alpha value is -0.340. The van der Waals surface area contributed by atoms with Crippen molar-refractivity contribution in [1.82, 2.24) is 5.32 Å². The van der Waals surface area contributed by atoms with Crippen LogP contribution in [0.2, 0.25) is 0 Å². The van der Waals surface area contributed by atoms with Gasteiger partial charge in [0.05, 0.1) is 0 Å².